The van der Waals surface area contributed by atoms with Crippen molar-refractivity contribution in [1.29, 1.82) is 5.26 Å². The summed E-state index contributed by atoms with van der Waals surface area (Å²) in [5.74, 6) is 1.06. The Hall–Kier alpha value is -2.39. The van der Waals surface area contributed by atoms with Gasteiger partial charge in [-0.3, -0.25) is 4.79 Å². The number of nitrogens with one attached hydrogen (secondary N) is 1. The first kappa shape index (κ1) is 16.5. The van der Waals surface area contributed by atoms with Crippen molar-refractivity contribution in [1.82, 2.24) is 9.97 Å². The SMILES string of the molecule is Cc1ccc(NC(=O)CCSc2nc3c(cc2C#N)CCC3)nc1. The Kier molecular flexibility index (Phi) is 5.11. The number of anilines is 1. The monoisotopic (exact) mass is 338 g/mol. The van der Waals surface area contributed by atoms with E-state index in [1.54, 1.807) is 12.3 Å². The molecule has 1 N–H and O–H groups in total. The van der Waals surface area contributed by atoms with Gasteiger partial charge in [0.25, 0.3) is 0 Å². The fourth-order valence-corrected chi connectivity index (χ4v) is 3.55. The first-order chi connectivity index (χ1) is 11.7. The van der Waals surface area contributed by atoms with Gasteiger partial charge in [0.15, 0.2) is 0 Å². The first-order valence-corrected chi connectivity index (χ1v) is 8.92. The molecular formula is C18H18N4OS. The van der Waals surface area contributed by atoms with Crippen LogP contribution in [0.2, 0.25) is 0 Å². The Labute approximate surface area is 145 Å². The predicted molar refractivity (Wildman–Crippen MR) is 93.9 cm³/mol. The van der Waals surface area contributed by atoms with Gasteiger partial charge in [0.05, 0.1) is 5.56 Å². The van der Waals surface area contributed by atoms with E-state index in [0.717, 1.165) is 35.5 Å². The van der Waals surface area contributed by atoms with Crippen molar-refractivity contribution in [2.45, 2.75) is 37.6 Å². The maximum atomic E-state index is 12.0. The molecule has 24 heavy (non-hydrogen) atoms. The van der Waals surface area contributed by atoms with Crippen LogP contribution in [0.4, 0.5) is 5.82 Å². The van der Waals surface area contributed by atoms with Crippen molar-refractivity contribution in [3.63, 3.8) is 0 Å². The maximum absolute atomic E-state index is 12.0. The van der Waals surface area contributed by atoms with Crippen molar-refractivity contribution in [2.24, 2.45) is 0 Å². The van der Waals surface area contributed by atoms with E-state index in [1.165, 1.54) is 17.3 Å². The van der Waals surface area contributed by atoms with Gasteiger partial charge < -0.3 is 5.32 Å². The number of aryl methyl sites for hydroxylation is 3. The molecule has 2 heterocycles. The highest BCUT2D eigenvalue weighted by Crippen LogP contribution is 2.28. The van der Waals surface area contributed by atoms with E-state index >= 15 is 0 Å². The summed E-state index contributed by atoms with van der Waals surface area (Å²) >= 11 is 1.46. The van der Waals surface area contributed by atoms with Gasteiger partial charge in [-0.2, -0.15) is 5.26 Å². The van der Waals surface area contributed by atoms with Gasteiger partial charge in [-0.15, -0.1) is 11.8 Å². The Bertz CT molecular complexity index is 796. The predicted octanol–water partition coefficient (Wildman–Crippen LogP) is 3.27. The molecule has 6 heteroatoms. The third kappa shape index (κ3) is 3.92. The van der Waals surface area contributed by atoms with Crippen LogP contribution in [0.3, 0.4) is 0 Å². The second-order valence-electron chi connectivity index (χ2n) is 5.78. The maximum Gasteiger partial charge on any atom is 0.226 e. The van der Waals surface area contributed by atoms with Gasteiger partial charge >= 0.3 is 0 Å². The van der Waals surface area contributed by atoms with Gasteiger partial charge in [-0.05, 0) is 49.4 Å². The molecule has 0 unspecified atom stereocenters. The van der Waals surface area contributed by atoms with Crippen molar-refractivity contribution >= 4 is 23.5 Å². The first-order valence-electron chi connectivity index (χ1n) is 7.94. The summed E-state index contributed by atoms with van der Waals surface area (Å²) in [5.41, 5.74) is 3.96. The number of fused-ring (bicyclic) bond motifs is 1. The zero-order valence-corrected chi connectivity index (χ0v) is 14.3. The summed E-state index contributed by atoms with van der Waals surface area (Å²) in [6.45, 7) is 1.95. The van der Waals surface area contributed by atoms with Crippen LogP contribution in [0.5, 0.6) is 0 Å². The summed E-state index contributed by atoms with van der Waals surface area (Å²) in [6, 6.07) is 7.86. The minimum atomic E-state index is -0.0847. The Morgan fingerprint density at radius 3 is 3.04 bits per heavy atom. The topological polar surface area (TPSA) is 78.7 Å². The van der Waals surface area contributed by atoms with Crippen LogP contribution in [-0.2, 0) is 17.6 Å². The van der Waals surface area contributed by atoms with Crippen molar-refractivity contribution in [3.8, 4) is 6.07 Å². The lowest BCUT2D eigenvalue weighted by molar-refractivity contribution is -0.115. The van der Waals surface area contributed by atoms with Gasteiger partial charge in [0.2, 0.25) is 5.91 Å². The van der Waals surface area contributed by atoms with Crippen LogP contribution < -0.4 is 5.32 Å². The number of rotatable bonds is 5. The van der Waals surface area contributed by atoms with E-state index in [-0.39, 0.29) is 5.91 Å². The van der Waals surface area contributed by atoms with Gasteiger partial charge in [0.1, 0.15) is 16.9 Å². The van der Waals surface area contributed by atoms with E-state index in [2.05, 4.69) is 21.4 Å². The van der Waals surface area contributed by atoms with Crippen molar-refractivity contribution < 1.29 is 4.79 Å². The van der Waals surface area contributed by atoms with Crippen molar-refractivity contribution in [3.05, 3.63) is 46.8 Å². The zero-order chi connectivity index (χ0) is 16.9. The van der Waals surface area contributed by atoms with E-state index in [4.69, 9.17) is 0 Å². The number of carbonyl (C=O) groups is 1. The lowest BCUT2D eigenvalue weighted by atomic mass is 10.2. The lowest BCUT2D eigenvalue weighted by Crippen LogP contribution is -2.13. The molecule has 1 amide bonds. The number of pyridine rings is 2. The molecule has 0 aromatic carbocycles. The molecule has 0 atom stereocenters. The van der Waals surface area contributed by atoms with E-state index in [9.17, 15) is 10.1 Å². The number of aromatic nitrogens is 2. The summed E-state index contributed by atoms with van der Waals surface area (Å²) in [5, 5.41) is 12.8. The number of amides is 1. The summed E-state index contributed by atoms with van der Waals surface area (Å²) in [7, 11) is 0. The molecule has 0 saturated carbocycles. The molecular weight excluding hydrogens is 320 g/mol. The molecule has 1 aliphatic rings. The van der Waals surface area contributed by atoms with E-state index in [0.29, 0.717) is 23.6 Å². The summed E-state index contributed by atoms with van der Waals surface area (Å²) in [4.78, 5) is 20.7. The van der Waals surface area contributed by atoms with Crippen LogP contribution >= 0.6 is 11.8 Å². The molecule has 0 spiro atoms. The highest BCUT2D eigenvalue weighted by Gasteiger charge is 2.16. The highest BCUT2D eigenvalue weighted by atomic mass is 32.2. The molecule has 0 radical (unpaired) electrons. The van der Waals surface area contributed by atoms with Crippen LogP contribution in [0.25, 0.3) is 0 Å². The van der Waals surface area contributed by atoms with Gasteiger partial charge in [0, 0.05) is 24.1 Å². The summed E-state index contributed by atoms with van der Waals surface area (Å²) in [6.07, 6.45) is 5.16. The van der Waals surface area contributed by atoms with Crippen LogP contribution in [0.1, 0.15) is 35.2 Å². The molecule has 5 nitrogen and oxygen atoms in total. The Balaban J connectivity index is 1.55. The van der Waals surface area contributed by atoms with Crippen LogP contribution in [0.15, 0.2) is 29.4 Å². The van der Waals surface area contributed by atoms with Gasteiger partial charge in [-0.1, -0.05) is 6.07 Å². The zero-order valence-electron chi connectivity index (χ0n) is 13.5. The average molecular weight is 338 g/mol. The number of hydrogen-bond acceptors (Lipinski definition) is 5. The molecule has 122 valence electrons. The third-order valence-electron chi connectivity index (χ3n) is 3.88. The molecule has 2 aromatic heterocycles. The minimum absolute atomic E-state index is 0.0847. The van der Waals surface area contributed by atoms with Crippen LogP contribution in [0, 0.1) is 18.3 Å². The Morgan fingerprint density at radius 2 is 2.29 bits per heavy atom. The molecule has 1 aliphatic carbocycles. The number of carbonyl (C=O) groups excluding carboxylic acids is 1. The fraction of sp³-hybridized carbons (Fsp3) is 0.333. The quantitative estimate of drug-likeness (QED) is 0.847. The average Bonchev–Trinajstić information content (AvgIpc) is 3.03. The standard InChI is InChI=1S/C18H18N4OS/c1-12-5-6-16(20-11-12)22-17(23)7-8-24-18-14(10-19)9-13-3-2-4-15(13)21-18/h5-6,9,11H,2-4,7-8H2,1H3,(H,20,22,23). The Morgan fingerprint density at radius 1 is 1.42 bits per heavy atom. The van der Waals surface area contributed by atoms with Crippen LogP contribution in [-0.4, -0.2) is 21.6 Å². The third-order valence-corrected chi connectivity index (χ3v) is 4.88. The number of nitrogens with zero attached hydrogens (tertiary/aromatic N) is 3. The molecule has 2 aromatic rings. The number of hydrogen-bond donors (Lipinski definition) is 1. The van der Waals surface area contributed by atoms with E-state index in [1.807, 2.05) is 19.1 Å². The normalized spacial score (nSPS) is 12.5. The molecule has 0 aliphatic heterocycles. The second-order valence-corrected chi connectivity index (χ2v) is 6.86. The number of nitriles is 1. The highest BCUT2D eigenvalue weighted by molar-refractivity contribution is 7.99. The van der Waals surface area contributed by atoms with E-state index < -0.39 is 0 Å². The molecule has 0 saturated heterocycles. The summed E-state index contributed by atoms with van der Waals surface area (Å²) < 4.78 is 0. The minimum Gasteiger partial charge on any atom is -0.311 e. The molecule has 0 bridgehead atoms. The molecule has 0 fully saturated rings. The molecule has 3 rings (SSSR count). The lowest BCUT2D eigenvalue weighted by Gasteiger charge is -2.07. The largest absolute Gasteiger partial charge is 0.311 e. The van der Waals surface area contributed by atoms with Gasteiger partial charge in [-0.25, -0.2) is 9.97 Å². The fourth-order valence-electron chi connectivity index (χ4n) is 2.63. The van der Waals surface area contributed by atoms with Crippen molar-refractivity contribution in [2.75, 3.05) is 11.1 Å². The second kappa shape index (κ2) is 7.45. The number of thioether (sulfide) groups is 1. The smallest absolute Gasteiger partial charge is 0.226 e.